The number of rotatable bonds is 5. The average molecular weight is 326 g/mol. The second kappa shape index (κ2) is 7.20. The Morgan fingerprint density at radius 1 is 1.10 bits per heavy atom. The summed E-state index contributed by atoms with van der Waals surface area (Å²) < 4.78 is 11.0. The van der Waals surface area contributed by atoms with E-state index in [4.69, 9.17) is 37.9 Å². The fraction of sp³-hybridized carbons (Fsp3) is 0.133. The summed E-state index contributed by atoms with van der Waals surface area (Å²) in [7, 11) is 1.54. The van der Waals surface area contributed by atoms with E-state index in [-0.39, 0.29) is 0 Å². The minimum atomic E-state index is 0.334. The molecule has 0 atom stereocenters. The monoisotopic (exact) mass is 325 g/mol. The van der Waals surface area contributed by atoms with Gasteiger partial charge in [0.25, 0.3) is 0 Å². The SMILES string of the molecule is COc1cc(/C=N\O)ccc1OCc1ccc(Cl)c(Cl)c1. The maximum atomic E-state index is 8.53. The second-order valence-electron chi connectivity index (χ2n) is 4.19. The van der Waals surface area contributed by atoms with Gasteiger partial charge in [-0.1, -0.05) is 34.4 Å². The number of ether oxygens (including phenoxy) is 2. The van der Waals surface area contributed by atoms with Crippen molar-refractivity contribution >= 4 is 29.4 Å². The lowest BCUT2D eigenvalue weighted by molar-refractivity contribution is 0.284. The number of benzene rings is 2. The van der Waals surface area contributed by atoms with Gasteiger partial charge in [-0.3, -0.25) is 0 Å². The number of halogens is 2. The van der Waals surface area contributed by atoms with Crippen LogP contribution in [-0.4, -0.2) is 18.5 Å². The molecule has 0 heterocycles. The van der Waals surface area contributed by atoms with Gasteiger partial charge in [0.2, 0.25) is 0 Å². The van der Waals surface area contributed by atoms with E-state index >= 15 is 0 Å². The van der Waals surface area contributed by atoms with Crippen LogP contribution in [-0.2, 0) is 6.61 Å². The van der Waals surface area contributed by atoms with Gasteiger partial charge in [-0.2, -0.15) is 0 Å². The Kier molecular flexibility index (Phi) is 5.31. The first-order valence-corrected chi connectivity index (χ1v) is 6.82. The van der Waals surface area contributed by atoms with Crippen molar-refractivity contribution in [2.75, 3.05) is 7.11 Å². The average Bonchev–Trinajstić information content (AvgIpc) is 2.49. The number of nitrogens with zero attached hydrogens (tertiary/aromatic N) is 1. The van der Waals surface area contributed by atoms with E-state index in [1.807, 2.05) is 6.07 Å². The van der Waals surface area contributed by atoms with Gasteiger partial charge in [-0.05, 0) is 35.9 Å². The van der Waals surface area contributed by atoms with Gasteiger partial charge in [0, 0.05) is 5.56 Å². The molecule has 2 aromatic carbocycles. The van der Waals surface area contributed by atoms with Gasteiger partial charge >= 0.3 is 0 Å². The van der Waals surface area contributed by atoms with E-state index in [9.17, 15) is 0 Å². The molecule has 0 saturated carbocycles. The topological polar surface area (TPSA) is 51.0 Å². The van der Waals surface area contributed by atoms with Crippen LogP contribution in [0.5, 0.6) is 11.5 Å². The molecule has 0 aliphatic carbocycles. The highest BCUT2D eigenvalue weighted by Gasteiger charge is 2.06. The van der Waals surface area contributed by atoms with Gasteiger partial charge in [-0.15, -0.1) is 0 Å². The predicted molar refractivity (Wildman–Crippen MR) is 83.2 cm³/mol. The van der Waals surface area contributed by atoms with Crippen LogP contribution in [0.25, 0.3) is 0 Å². The van der Waals surface area contributed by atoms with Crippen LogP contribution in [0.15, 0.2) is 41.6 Å². The van der Waals surface area contributed by atoms with Gasteiger partial charge in [0.15, 0.2) is 11.5 Å². The maximum Gasteiger partial charge on any atom is 0.161 e. The maximum absolute atomic E-state index is 8.53. The van der Waals surface area contributed by atoms with Crippen molar-refractivity contribution in [3.63, 3.8) is 0 Å². The van der Waals surface area contributed by atoms with Crippen LogP contribution >= 0.6 is 23.2 Å². The molecule has 2 aromatic rings. The lowest BCUT2D eigenvalue weighted by Gasteiger charge is -2.11. The Morgan fingerprint density at radius 3 is 2.57 bits per heavy atom. The Morgan fingerprint density at radius 2 is 1.90 bits per heavy atom. The zero-order valence-electron chi connectivity index (χ0n) is 11.2. The van der Waals surface area contributed by atoms with Crippen LogP contribution in [0.3, 0.4) is 0 Å². The molecule has 0 aromatic heterocycles. The first kappa shape index (κ1) is 15.5. The smallest absolute Gasteiger partial charge is 0.161 e. The van der Waals surface area contributed by atoms with Gasteiger partial charge < -0.3 is 14.7 Å². The lowest BCUT2D eigenvalue weighted by atomic mass is 10.2. The van der Waals surface area contributed by atoms with Crippen LogP contribution < -0.4 is 9.47 Å². The number of oxime groups is 1. The predicted octanol–water partition coefficient (Wildman–Crippen LogP) is 4.39. The van der Waals surface area contributed by atoms with Crippen molar-refractivity contribution in [3.8, 4) is 11.5 Å². The van der Waals surface area contributed by atoms with E-state index in [1.54, 1.807) is 37.4 Å². The molecule has 0 saturated heterocycles. The molecule has 2 rings (SSSR count). The minimum absolute atomic E-state index is 0.334. The summed E-state index contributed by atoms with van der Waals surface area (Å²) in [5.41, 5.74) is 1.60. The minimum Gasteiger partial charge on any atom is -0.493 e. The third-order valence-electron chi connectivity index (χ3n) is 2.77. The molecule has 0 unspecified atom stereocenters. The molecule has 0 aliphatic rings. The van der Waals surface area contributed by atoms with Gasteiger partial charge in [0.1, 0.15) is 6.61 Å². The first-order chi connectivity index (χ1) is 10.1. The lowest BCUT2D eigenvalue weighted by Crippen LogP contribution is -1.98. The first-order valence-electron chi connectivity index (χ1n) is 6.06. The molecule has 0 fully saturated rings. The van der Waals surface area contributed by atoms with E-state index in [0.29, 0.717) is 33.7 Å². The van der Waals surface area contributed by atoms with Crippen LogP contribution in [0.1, 0.15) is 11.1 Å². The Hall–Kier alpha value is -1.91. The highest BCUT2D eigenvalue weighted by atomic mass is 35.5. The molecular weight excluding hydrogens is 313 g/mol. The van der Waals surface area contributed by atoms with E-state index < -0.39 is 0 Å². The van der Waals surface area contributed by atoms with Crippen LogP contribution in [0.4, 0.5) is 0 Å². The summed E-state index contributed by atoms with van der Waals surface area (Å²) in [6.07, 6.45) is 1.31. The third kappa shape index (κ3) is 4.03. The highest BCUT2D eigenvalue weighted by Crippen LogP contribution is 2.29. The quantitative estimate of drug-likeness (QED) is 0.504. The molecule has 0 amide bonds. The third-order valence-corrected chi connectivity index (χ3v) is 3.51. The molecular formula is C15H13Cl2NO3. The van der Waals surface area contributed by atoms with Crippen molar-refractivity contribution in [2.45, 2.75) is 6.61 Å². The van der Waals surface area contributed by atoms with E-state index in [2.05, 4.69) is 5.16 Å². The zero-order valence-corrected chi connectivity index (χ0v) is 12.7. The number of hydrogen-bond acceptors (Lipinski definition) is 4. The summed E-state index contributed by atoms with van der Waals surface area (Å²) in [6.45, 7) is 0.334. The van der Waals surface area contributed by atoms with Crippen LogP contribution in [0.2, 0.25) is 10.0 Å². The Labute approximate surface area is 132 Å². The van der Waals surface area contributed by atoms with Crippen molar-refractivity contribution in [3.05, 3.63) is 57.6 Å². The molecule has 6 heteroatoms. The van der Waals surface area contributed by atoms with Crippen molar-refractivity contribution < 1.29 is 14.7 Å². The Bertz CT molecular complexity index is 659. The molecule has 0 bridgehead atoms. The van der Waals surface area contributed by atoms with Crippen LogP contribution in [0, 0.1) is 0 Å². The van der Waals surface area contributed by atoms with Gasteiger partial charge in [-0.25, -0.2) is 0 Å². The second-order valence-corrected chi connectivity index (χ2v) is 5.01. The van der Waals surface area contributed by atoms with Gasteiger partial charge in [0.05, 0.1) is 23.4 Å². The fourth-order valence-corrected chi connectivity index (χ4v) is 2.06. The van der Waals surface area contributed by atoms with E-state index in [1.165, 1.54) is 6.21 Å². The molecule has 0 aliphatic heterocycles. The number of hydrogen-bond donors (Lipinski definition) is 1. The summed E-state index contributed by atoms with van der Waals surface area (Å²) in [5, 5.41) is 12.5. The summed E-state index contributed by atoms with van der Waals surface area (Å²) in [5.74, 6) is 1.13. The van der Waals surface area contributed by atoms with Crippen molar-refractivity contribution in [2.24, 2.45) is 5.16 Å². The molecule has 110 valence electrons. The zero-order chi connectivity index (χ0) is 15.2. The van der Waals surface area contributed by atoms with Crippen molar-refractivity contribution in [1.82, 2.24) is 0 Å². The largest absolute Gasteiger partial charge is 0.493 e. The molecule has 1 N–H and O–H groups in total. The fourth-order valence-electron chi connectivity index (χ4n) is 1.74. The molecule has 4 nitrogen and oxygen atoms in total. The standard InChI is InChI=1S/C15H13Cl2NO3/c1-20-15-7-10(8-18-19)3-5-14(15)21-9-11-2-4-12(16)13(17)6-11/h2-8,19H,9H2,1H3/b18-8-. The van der Waals surface area contributed by atoms with E-state index in [0.717, 1.165) is 5.56 Å². The van der Waals surface area contributed by atoms with Crippen molar-refractivity contribution in [1.29, 1.82) is 0 Å². The molecule has 0 spiro atoms. The normalized spacial score (nSPS) is 10.8. The summed E-state index contributed by atoms with van der Waals surface area (Å²) >= 11 is 11.8. The molecule has 0 radical (unpaired) electrons. The summed E-state index contributed by atoms with van der Waals surface area (Å²) in [4.78, 5) is 0. The molecule has 21 heavy (non-hydrogen) atoms. The summed E-state index contributed by atoms with van der Waals surface area (Å²) in [6, 6.07) is 10.5. The Balaban J connectivity index is 2.13. The highest BCUT2D eigenvalue weighted by molar-refractivity contribution is 6.42. The number of methoxy groups -OCH3 is 1.